The maximum absolute atomic E-state index is 11.4. The Labute approximate surface area is 87.5 Å². The first-order valence-corrected chi connectivity index (χ1v) is 4.46. The molecule has 15 heavy (non-hydrogen) atoms. The summed E-state index contributed by atoms with van der Waals surface area (Å²) in [6.07, 6.45) is 2.88. The van der Waals surface area contributed by atoms with Gasteiger partial charge in [0, 0.05) is 11.8 Å². The molecule has 0 fully saturated rings. The lowest BCUT2D eigenvalue weighted by Gasteiger charge is -2.09. The van der Waals surface area contributed by atoms with Gasteiger partial charge in [-0.15, -0.1) is 0 Å². The van der Waals surface area contributed by atoms with E-state index in [0.29, 0.717) is 11.3 Å². The van der Waals surface area contributed by atoms with Gasteiger partial charge in [-0.25, -0.2) is 0 Å². The molecule has 0 amide bonds. The minimum Gasteiger partial charge on any atom is -0.465 e. The van der Waals surface area contributed by atoms with Gasteiger partial charge in [0.05, 0.1) is 24.6 Å². The number of nitrogen functional groups attached to an aromatic ring is 1. The van der Waals surface area contributed by atoms with E-state index in [1.54, 1.807) is 13.0 Å². The van der Waals surface area contributed by atoms with E-state index >= 15 is 0 Å². The molecule has 1 rings (SSSR count). The SMILES string of the molecule is CCOC(=O)C(C#N)c1ccncc1N. The summed E-state index contributed by atoms with van der Waals surface area (Å²) in [6, 6.07) is 3.40. The van der Waals surface area contributed by atoms with E-state index in [4.69, 9.17) is 15.7 Å². The van der Waals surface area contributed by atoms with E-state index in [0.717, 1.165) is 0 Å². The van der Waals surface area contributed by atoms with Crippen molar-refractivity contribution in [3.8, 4) is 6.07 Å². The van der Waals surface area contributed by atoms with E-state index in [2.05, 4.69) is 4.98 Å². The van der Waals surface area contributed by atoms with Crippen LogP contribution >= 0.6 is 0 Å². The molecule has 1 aromatic rings. The summed E-state index contributed by atoms with van der Waals surface area (Å²) in [5.41, 5.74) is 6.36. The average Bonchev–Trinajstić information content (AvgIpc) is 2.22. The number of carbonyl (C=O) groups is 1. The highest BCUT2D eigenvalue weighted by atomic mass is 16.5. The number of nitriles is 1. The first-order chi connectivity index (χ1) is 7.20. The molecule has 0 aliphatic rings. The van der Waals surface area contributed by atoms with Gasteiger partial charge in [0.2, 0.25) is 0 Å². The molecular formula is C10H11N3O2. The van der Waals surface area contributed by atoms with Crippen LogP contribution in [0, 0.1) is 11.3 Å². The number of carbonyl (C=O) groups excluding carboxylic acids is 1. The number of rotatable bonds is 3. The summed E-state index contributed by atoms with van der Waals surface area (Å²) in [4.78, 5) is 15.2. The summed E-state index contributed by atoms with van der Waals surface area (Å²) >= 11 is 0. The van der Waals surface area contributed by atoms with Crippen LogP contribution in [0.25, 0.3) is 0 Å². The zero-order valence-electron chi connectivity index (χ0n) is 8.30. The highest BCUT2D eigenvalue weighted by Gasteiger charge is 2.23. The molecule has 1 aromatic heterocycles. The molecule has 0 aromatic carbocycles. The molecule has 78 valence electrons. The molecule has 0 bridgehead atoms. The van der Waals surface area contributed by atoms with Gasteiger partial charge >= 0.3 is 5.97 Å². The maximum Gasteiger partial charge on any atom is 0.327 e. The Hall–Kier alpha value is -2.09. The fraction of sp³-hybridized carbons (Fsp3) is 0.300. The summed E-state index contributed by atoms with van der Waals surface area (Å²) in [5.74, 6) is -1.56. The number of aromatic nitrogens is 1. The zero-order chi connectivity index (χ0) is 11.3. The largest absolute Gasteiger partial charge is 0.465 e. The molecule has 0 aliphatic carbocycles. The topological polar surface area (TPSA) is 89.0 Å². The lowest BCUT2D eigenvalue weighted by atomic mass is 10.0. The lowest BCUT2D eigenvalue weighted by Crippen LogP contribution is -2.15. The molecule has 1 heterocycles. The third-order valence-electron chi connectivity index (χ3n) is 1.85. The third-order valence-corrected chi connectivity index (χ3v) is 1.85. The fourth-order valence-electron chi connectivity index (χ4n) is 1.16. The minimum absolute atomic E-state index is 0.238. The number of anilines is 1. The van der Waals surface area contributed by atoms with E-state index in [1.165, 1.54) is 12.4 Å². The number of hydrogen-bond donors (Lipinski definition) is 1. The van der Waals surface area contributed by atoms with Gasteiger partial charge in [0.1, 0.15) is 0 Å². The predicted molar refractivity (Wildman–Crippen MR) is 53.6 cm³/mol. The Bertz CT molecular complexity index is 398. The zero-order valence-corrected chi connectivity index (χ0v) is 8.30. The van der Waals surface area contributed by atoms with Crippen molar-refractivity contribution in [2.24, 2.45) is 0 Å². The fourth-order valence-corrected chi connectivity index (χ4v) is 1.16. The maximum atomic E-state index is 11.4. The van der Waals surface area contributed by atoms with Crippen LogP contribution < -0.4 is 5.73 Å². The predicted octanol–water partition coefficient (Wildman–Crippen LogP) is 0.834. The summed E-state index contributed by atoms with van der Waals surface area (Å²) in [5, 5.41) is 8.87. The summed E-state index contributed by atoms with van der Waals surface area (Å²) < 4.78 is 4.77. The Kier molecular flexibility index (Phi) is 3.63. The first kappa shape index (κ1) is 11.0. The molecule has 5 nitrogen and oxygen atoms in total. The standard InChI is InChI=1S/C10H11N3O2/c1-2-15-10(14)8(5-11)7-3-4-13-6-9(7)12/h3-4,6,8H,2,12H2,1H3. The number of pyridine rings is 1. The number of esters is 1. The van der Waals surface area contributed by atoms with Crippen molar-refractivity contribution in [3.63, 3.8) is 0 Å². The van der Waals surface area contributed by atoms with Crippen molar-refractivity contribution >= 4 is 11.7 Å². The van der Waals surface area contributed by atoms with Crippen LogP contribution in [0.2, 0.25) is 0 Å². The molecule has 0 saturated heterocycles. The van der Waals surface area contributed by atoms with Gasteiger partial charge in [-0.05, 0) is 13.0 Å². The van der Waals surface area contributed by atoms with Crippen molar-refractivity contribution in [2.75, 3.05) is 12.3 Å². The highest BCUT2D eigenvalue weighted by molar-refractivity contribution is 5.83. The summed E-state index contributed by atoms with van der Waals surface area (Å²) in [7, 11) is 0. The van der Waals surface area contributed by atoms with E-state index in [9.17, 15) is 4.79 Å². The molecule has 0 spiro atoms. The van der Waals surface area contributed by atoms with Gasteiger partial charge in [-0.3, -0.25) is 9.78 Å². The molecule has 0 radical (unpaired) electrons. The Balaban J connectivity index is 2.99. The Morgan fingerprint density at radius 3 is 3.07 bits per heavy atom. The number of nitrogens with two attached hydrogens (primary N) is 1. The molecule has 1 unspecified atom stereocenters. The van der Waals surface area contributed by atoms with Crippen molar-refractivity contribution in [1.29, 1.82) is 5.26 Å². The van der Waals surface area contributed by atoms with Crippen LogP contribution in [0.4, 0.5) is 5.69 Å². The van der Waals surface area contributed by atoms with Crippen LogP contribution in [0.1, 0.15) is 18.4 Å². The Morgan fingerprint density at radius 2 is 2.53 bits per heavy atom. The van der Waals surface area contributed by atoms with Crippen LogP contribution in [-0.4, -0.2) is 17.6 Å². The van der Waals surface area contributed by atoms with Crippen molar-refractivity contribution in [2.45, 2.75) is 12.8 Å². The van der Waals surface area contributed by atoms with Crippen LogP contribution in [0.5, 0.6) is 0 Å². The Morgan fingerprint density at radius 1 is 1.80 bits per heavy atom. The van der Waals surface area contributed by atoms with Crippen molar-refractivity contribution < 1.29 is 9.53 Å². The normalized spacial score (nSPS) is 11.5. The van der Waals surface area contributed by atoms with E-state index in [-0.39, 0.29) is 6.61 Å². The molecule has 2 N–H and O–H groups in total. The summed E-state index contributed by atoms with van der Waals surface area (Å²) in [6.45, 7) is 1.92. The minimum atomic E-state index is -0.979. The third kappa shape index (κ3) is 2.44. The lowest BCUT2D eigenvalue weighted by molar-refractivity contribution is -0.143. The van der Waals surface area contributed by atoms with Gasteiger partial charge in [-0.1, -0.05) is 0 Å². The first-order valence-electron chi connectivity index (χ1n) is 4.46. The monoisotopic (exact) mass is 205 g/mol. The number of hydrogen-bond acceptors (Lipinski definition) is 5. The molecule has 0 aliphatic heterocycles. The van der Waals surface area contributed by atoms with Crippen molar-refractivity contribution in [1.82, 2.24) is 4.98 Å². The quantitative estimate of drug-likeness (QED) is 0.738. The second-order valence-electron chi connectivity index (χ2n) is 2.82. The van der Waals surface area contributed by atoms with Gasteiger partial charge < -0.3 is 10.5 Å². The van der Waals surface area contributed by atoms with Crippen LogP contribution in [0.3, 0.4) is 0 Å². The van der Waals surface area contributed by atoms with Crippen LogP contribution in [0.15, 0.2) is 18.5 Å². The second-order valence-corrected chi connectivity index (χ2v) is 2.82. The number of nitrogens with zero attached hydrogens (tertiary/aromatic N) is 2. The molecular weight excluding hydrogens is 194 g/mol. The highest BCUT2D eigenvalue weighted by Crippen LogP contribution is 2.21. The molecule has 0 saturated carbocycles. The van der Waals surface area contributed by atoms with Gasteiger partial charge in [0.15, 0.2) is 5.92 Å². The van der Waals surface area contributed by atoms with Gasteiger partial charge in [-0.2, -0.15) is 5.26 Å². The van der Waals surface area contributed by atoms with Crippen molar-refractivity contribution in [3.05, 3.63) is 24.0 Å². The molecule has 1 atom stereocenters. The van der Waals surface area contributed by atoms with Crippen LogP contribution in [-0.2, 0) is 9.53 Å². The van der Waals surface area contributed by atoms with E-state index < -0.39 is 11.9 Å². The van der Waals surface area contributed by atoms with Gasteiger partial charge in [0.25, 0.3) is 0 Å². The smallest absolute Gasteiger partial charge is 0.327 e. The number of ether oxygens (including phenoxy) is 1. The average molecular weight is 205 g/mol. The second kappa shape index (κ2) is 4.96. The van der Waals surface area contributed by atoms with E-state index in [1.807, 2.05) is 6.07 Å². The molecule has 5 heteroatoms.